The van der Waals surface area contributed by atoms with Crippen molar-refractivity contribution >= 4 is 123 Å². The van der Waals surface area contributed by atoms with Crippen LogP contribution in [0, 0.1) is 0 Å². The van der Waals surface area contributed by atoms with Crippen LogP contribution in [0.3, 0.4) is 0 Å². The molecule has 0 fully saturated rings. The van der Waals surface area contributed by atoms with E-state index in [0.717, 1.165) is 24.3 Å². The van der Waals surface area contributed by atoms with Gasteiger partial charge in [-0.2, -0.15) is 0 Å². The molecule has 4 amide bonds. The van der Waals surface area contributed by atoms with Crippen molar-refractivity contribution in [2.24, 2.45) is 0 Å². The molecule has 356 valence electrons. The first-order valence-corrected chi connectivity index (χ1v) is 25.6. The van der Waals surface area contributed by atoms with Gasteiger partial charge in [0.2, 0.25) is 0 Å². The molecule has 6 aromatic rings. The molecule has 0 bridgehead atoms. The number of carbonyl (C=O) groups is 3. The minimum absolute atomic E-state index is 0. The second kappa shape index (κ2) is 28.1. The fourth-order valence-electron chi connectivity index (χ4n) is 6.28. The first-order chi connectivity index (χ1) is 30.2. The second-order valence-electron chi connectivity index (χ2n) is 13.3. The van der Waals surface area contributed by atoms with Crippen molar-refractivity contribution in [2.75, 3.05) is 21.3 Å². The van der Waals surface area contributed by atoms with Crippen LogP contribution in [-0.2, 0) is 60.7 Å². The number of fused-ring (bicyclic) bond motifs is 2. The Morgan fingerprint density at radius 3 is 0.932 bits per heavy atom. The monoisotopic (exact) mass is 1180 g/mol. The van der Waals surface area contributed by atoms with Gasteiger partial charge in [0.1, 0.15) is 60.7 Å². The molecule has 0 radical (unpaired) electrons. The maximum absolute atomic E-state index is 13.4. The molecule has 6 N–H and O–H groups in total. The van der Waals surface area contributed by atoms with E-state index in [4.69, 9.17) is 0 Å². The van der Waals surface area contributed by atoms with Gasteiger partial charge in [0.15, 0.2) is 0 Å². The van der Waals surface area contributed by atoms with Crippen molar-refractivity contribution in [3.8, 4) is 0 Å². The predicted molar refractivity (Wildman–Crippen MR) is 221 cm³/mol. The number of benzene rings is 6. The summed E-state index contributed by atoms with van der Waals surface area (Å²) in [7, 11) is -33.7. The van der Waals surface area contributed by atoms with E-state index in [-0.39, 0.29) is 217 Å². The largest absolute Gasteiger partial charge is 1.00 e. The van der Waals surface area contributed by atoms with Gasteiger partial charge in [-0.25, -0.2) is 55.3 Å². The van der Waals surface area contributed by atoms with Gasteiger partial charge < -0.3 is 54.1 Å². The van der Waals surface area contributed by atoms with E-state index in [1.807, 2.05) is 0 Å². The summed E-state index contributed by atoms with van der Waals surface area (Å²) in [5.74, 6) is -2.25. The van der Waals surface area contributed by atoms with E-state index < -0.39 is 141 Å². The number of hydrogen-bond acceptors (Lipinski definition) is 21. The maximum Gasteiger partial charge on any atom is 1.00 e. The average molecular weight is 1180 g/mol. The van der Waals surface area contributed by atoms with Crippen LogP contribution in [0.2, 0.25) is 0 Å². The molecular weight excluding hydrogens is 1160 g/mol. The van der Waals surface area contributed by atoms with E-state index in [0.29, 0.717) is 36.4 Å². The summed E-state index contributed by atoms with van der Waals surface area (Å²) < 4.78 is 216. The summed E-state index contributed by atoms with van der Waals surface area (Å²) in [6.45, 7) is 0. The Morgan fingerprint density at radius 2 is 0.658 bits per heavy atom. The summed E-state index contributed by atoms with van der Waals surface area (Å²) in [6.07, 6.45) is 0. The summed E-state index contributed by atoms with van der Waals surface area (Å²) in [4.78, 5) is 31.6. The second-order valence-corrected chi connectivity index (χ2v) is 21.4. The Hall–Kier alpha value is -0.530. The molecule has 0 saturated carbocycles. The van der Waals surface area contributed by atoms with Crippen molar-refractivity contribution < 1.29 is 275 Å². The normalized spacial score (nSPS) is 11.5. The molecule has 0 saturated heterocycles. The molecule has 0 aromatic heterocycles. The first kappa shape index (κ1) is 74.5. The molecule has 38 heteroatoms. The molecule has 26 nitrogen and oxygen atoms in total. The number of nitrogens with one attached hydrogen (secondary N) is 4. The Balaban J connectivity index is 0. The smallest absolute Gasteiger partial charge is 0.744 e. The van der Waals surface area contributed by atoms with Crippen molar-refractivity contribution in [3.05, 3.63) is 108 Å². The number of hydrogen-bond donors (Lipinski definition) is 4. The van der Waals surface area contributed by atoms with E-state index >= 15 is 0 Å². The van der Waals surface area contributed by atoms with Crippen molar-refractivity contribution in [1.29, 1.82) is 0 Å². The van der Waals surface area contributed by atoms with E-state index in [9.17, 15) is 92.2 Å². The predicted octanol–water partition coefficient (Wildman–Crippen LogP) is -17.2. The van der Waals surface area contributed by atoms with Gasteiger partial charge in [0, 0.05) is 44.0 Å². The van der Waals surface area contributed by atoms with E-state index in [2.05, 4.69) is 21.3 Å². The quantitative estimate of drug-likeness (QED) is 0.0653. The van der Waals surface area contributed by atoms with Gasteiger partial charge in [-0.05, 0) is 84.9 Å². The molecular formula is C35H22N4Na6O22S6. The molecule has 0 aliphatic heterocycles. The third kappa shape index (κ3) is 18.3. The van der Waals surface area contributed by atoms with Crippen molar-refractivity contribution in [2.45, 2.75) is 29.4 Å². The molecule has 0 aliphatic rings. The fraction of sp³-hybridized carbons (Fsp3) is 0. The summed E-state index contributed by atoms with van der Waals surface area (Å²) in [5, 5.41) is 5.16. The van der Waals surface area contributed by atoms with Crippen LogP contribution >= 0.6 is 0 Å². The van der Waals surface area contributed by atoms with Gasteiger partial charge in [-0.15, -0.1) is 0 Å². The molecule has 0 atom stereocenters. The van der Waals surface area contributed by atoms with Gasteiger partial charge in [0.05, 0.1) is 40.7 Å². The maximum atomic E-state index is 13.4. The number of amides is 4. The molecule has 0 aliphatic carbocycles. The molecule has 0 heterocycles. The Morgan fingerprint density at radius 1 is 0.356 bits per heavy atom. The zero-order chi connectivity index (χ0) is 49.1. The fourth-order valence-corrected chi connectivity index (χ4v) is 10.3. The van der Waals surface area contributed by atoms with Crippen LogP contribution in [0.15, 0.2) is 126 Å². The van der Waals surface area contributed by atoms with Crippen LogP contribution in [-0.4, -0.2) is 101 Å². The molecule has 6 aromatic carbocycles. The molecule has 0 unspecified atom stereocenters. The zero-order valence-electron chi connectivity index (χ0n) is 38.3. The Kier molecular flexibility index (Phi) is 28.7. The van der Waals surface area contributed by atoms with Gasteiger partial charge in [-0.3, -0.25) is 9.59 Å². The number of anilines is 4. The average Bonchev–Trinajstić information content (AvgIpc) is 3.17. The summed E-state index contributed by atoms with van der Waals surface area (Å²) >= 11 is 0. The number of urea groups is 1. The SMILES string of the molecule is O.O=C(Nc1cccc(C(=O)Nc2ccc(S(=O)(=O)[O-])c3cc(S(=O)(=O)[O-])cc(S(=O)(=O)[O-])c23)c1)Nc1cccc(C(=O)Nc2ccc(S(=O)(=O)[O-])c3cc(S(=O)(=O)[O-])cc(S(=O)(=O)[O-])c23)c1.[Na+].[Na+].[Na+].[Na+].[Na+].[Na+]. The number of carbonyl (C=O) groups excluding carboxylic acids is 3. The Labute approximate surface area is 547 Å². The third-order valence-electron chi connectivity index (χ3n) is 8.94. The molecule has 73 heavy (non-hydrogen) atoms. The number of rotatable bonds is 12. The van der Waals surface area contributed by atoms with Crippen molar-refractivity contribution in [3.63, 3.8) is 0 Å². The minimum atomic E-state index is -5.75. The van der Waals surface area contributed by atoms with Crippen LogP contribution in [0.25, 0.3) is 21.5 Å². The molecule has 0 spiro atoms. The topological polar surface area (TPSA) is 474 Å². The zero-order valence-corrected chi connectivity index (χ0v) is 55.2. The van der Waals surface area contributed by atoms with E-state index in [1.165, 1.54) is 24.3 Å². The van der Waals surface area contributed by atoms with Crippen LogP contribution in [0.5, 0.6) is 0 Å². The summed E-state index contributed by atoms with van der Waals surface area (Å²) in [5.41, 5.74) is -2.14. The Bertz CT molecular complexity index is 3610. The van der Waals surface area contributed by atoms with Gasteiger partial charge in [0.25, 0.3) is 11.8 Å². The summed E-state index contributed by atoms with van der Waals surface area (Å²) in [6, 6.07) is 11.8. The minimum Gasteiger partial charge on any atom is -0.744 e. The van der Waals surface area contributed by atoms with Gasteiger partial charge in [-0.1, -0.05) is 12.1 Å². The van der Waals surface area contributed by atoms with Crippen molar-refractivity contribution in [1.82, 2.24) is 0 Å². The van der Waals surface area contributed by atoms with Crippen LogP contribution in [0.1, 0.15) is 20.7 Å². The standard InChI is InChI=1S/C35H26N4O21S6.6Na.H2O/c40-33(38-25-7-9-27(63(49,50)51)23-13-21(61(43,44)45)15-29(31(23)25)65(55,56)57)17-3-1-5-19(11-17)36-35(42)37-20-6-2-4-18(12-20)34(41)39-26-8-10-28(64(52,53)54)24-14-22(62(46,47)48)16-30(32(24)26)66(58,59)60;;;;;;;/h1-16H,(H,38,40)(H,39,41)(H2,36,37,42)(H,43,44,45)(H,46,47,48)(H,49,50,51)(H,52,53,54)(H,55,56,57)(H,58,59,60);;;;;;;1H2/q;6*+1;/p-6. The van der Waals surface area contributed by atoms with E-state index in [1.54, 1.807) is 0 Å². The molecule has 6 rings (SSSR count). The van der Waals surface area contributed by atoms with Crippen LogP contribution < -0.4 is 199 Å². The van der Waals surface area contributed by atoms with Gasteiger partial charge >= 0.3 is 183 Å². The van der Waals surface area contributed by atoms with Crippen LogP contribution in [0.4, 0.5) is 27.5 Å². The first-order valence-electron chi connectivity index (χ1n) is 17.1. The third-order valence-corrected chi connectivity index (χ3v) is 14.1.